The third kappa shape index (κ3) is 4.05. The number of carbonyl (C=O) groups excluding carboxylic acids is 3. The lowest BCUT2D eigenvalue weighted by molar-refractivity contribution is -0.152. The number of benzene rings is 1. The van der Waals surface area contributed by atoms with Gasteiger partial charge in [0.15, 0.2) is 6.10 Å². The standard InChI is InChI=1S/C22H24N2O4S/c1-12(28-18(25)11-13-8-9-14-4-2-5-15(14)10-13)21(27)24-22-19(20(23)26)16-6-3-7-17(16)29-22/h8-10,12H,2-7,11H2,1H3,(H2,23,26)(H,24,27)/t12-/m0/s1. The molecule has 0 saturated heterocycles. The lowest BCUT2D eigenvalue weighted by Crippen LogP contribution is -2.31. The molecule has 0 spiro atoms. The van der Waals surface area contributed by atoms with E-state index in [1.54, 1.807) is 0 Å². The van der Waals surface area contributed by atoms with Gasteiger partial charge in [0.05, 0.1) is 12.0 Å². The first-order valence-electron chi connectivity index (χ1n) is 9.97. The number of carbonyl (C=O) groups is 3. The molecular weight excluding hydrogens is 388 g/mol. The maximum atomic E-state index is 12.5. The van der Waals surface area contributed by atoms with Gasteiger partial charge in [0.1, 0.15) is 5.00 Å². The summed E-state index contributed by atoms with van der Waals surface area (Å²) < 4.78 is 5.32. The summed E-state index contributed by atoms with van der Waals surface area (Å²) in [7, 11) is 0. The van der Waals surface area contributed by atoms with E-state index in [1.807, 2.05) is 6.07 Å². The highest BCUT2D eigenvalue weighted by molar-refractivity contribution is 7.17. The number of primary amides is 1. The molecule has 2 aliphatic carbocycles. The average molecular weight is 413 g/mol. The zero-order valence-electron chi connectivity index (χ0n) is 16.4. The van der Waals surface area contributed by atoms with Crippen molar-refractivity contribution in [2.45, 2.75) is 58.0 Å². The van der Waals surface area contributed by atoms with Crippen LogP contribution in [-0.2, 0) is 46.4 Å². The van der Waals surface area contributed by atoms with Crippen LogP contribution in [0.15, 0.2) is 18.2 Å². The number of ether oxygens (including phenoxy) is 1. The van der Waals surface area contributed by atoms with Crippen molar-refractivity contribution in [3.8, 4) is 0 Å². The Kier molecular flexibility index (Phi) is 5.41. The van der Waals surface area contributed by atoms with Gasteiger partial charge in [-0.3, -0.25) is 14.4 Å². The fourth-order valence-corrected chi connectivity index (χ4v) is 5.46. The van der Waals surface area contributed by atoms with Gasteiger partial charge in [-0.05, 0) is 67.7 Å². The number of nitrogens with two attached hydrogens (primary N) is 1. The van der Waals surface area contributed by atoms with Gasteiger partial charge in [0.2, 0.25) is 0 Å². The summed E-state index contributed by atoms with van der Waals surface area (Å²) in [6, 6.07) is 6.07. The molecule has 3 N–H and O–H groups in total. The van der Waals surface area contributed by atoms with Crippen LogP contribution in [0.1, 0.15) is 57.3 Å². The fraction of sp³-hybridized carbons (Fsp3) is 0.409. The van der Waals surface area contributed by atoms with E-state index in [4.69, 9.17) is 10.5 Å². The van der Waals surface area contributed by atoms with Crippen molar-refractivity contribution in [3.05, 3.63) is 50.9 Å². The summed E-state index contributed by atoms with van der Waals surface area (Å²) in [6.07, 6.45) is 5.14. The molecule has 0 saturated carbocycles. The molecule has 152 valence electrons. The summed E-state index contributed by atoms with van der Waals surface area (Å²) in [5.41, 5.74) is 10.4. The van der Waals surface area contributed by atoms with E-state index in [0.717, 1.165) is 54.5 Å². The summed E-state index contributed by atoms with van der Waals surface area (Å²) in [5.74, 6) is -1.45. The van der Waals surface area contributed by atoms with Gasteiger partial charge >= 0.3 is 5.97 Å². The minimum Gasteiger partial charge on any atom is -0.452 e. The van der Waals surface area contributed by atoms with Crippen LogP contribution in [0.25, 0.3) is 0 Å². The Morgan fingerprint density at radius 1 is 1.14 bits per heavy atom. The molecule has 1 heterocycles. The molecule has 0 bridgehead atoms. The molecule has 1 aromatic carbocycles. The summed E-state index contributed by atoms with van der Waals surface area (Å²) in [6.45, 7) is 1.53. The molecule has 0 fully saturated rings. The Bertz CT molecular complexity index is 995. The van der Waals surface area contributed by atoms with Gasteiger partial charge in [-0.15, -0.1) is 11.3 Å². The van der Waals surface area contributed by atoms with Crippen molar-refractivity contribution in [3.63, 3.8) is 0 Å². The van der Waals surface area contributed by atoms with Crippen LogP contribution < -0.4 is 11.1 Å². The number of hydrogen-bond acceptors (Lipinski definition) is 5. The molecule has 6 nitrogen and oxygen atoms in total. The maximum absolute atomic E-state index is 12.5. The zero-order valence-corrected chi connectivity index (χ0v) is 17.2. The molecule has 1 atom stereocenters. The van der Waals surface area contributed by atoms with Crippen molar-refractivity contribution in [2.75, 3.05) is 5.32 Å². The lowest BCUT2D eigenvalue weighted by Gasteiger charge is -2.14. The van der Waals surface area contributed by atoms with Crippen molar-refractivity contribution in [1.82, 2.24) is 0 Å². The summed E-state index contributed by atoms with van der Waals surface area (Å²) >= 11 is 1.38. The smallest absolute Gasteiger partial charge is 0.311 e. The van der Waals surface area contributed by atoms with E-state index in [2.05, 4.69) is 17.4 Å². The Balaban J connectivity index is 1.37. The second-order valence-corrected chi connectivity index (χ2v) is 8.79. The van der Waals surface area contributed by atoms with Gasteiger partial charge in [-0.1, -0.05) is 18.2 Å². The largest absolute Gasteiger partial charge is 0.452 e. The maximum Gasteiger partial charge on any atom is 0.311 e. The Labute approximate surface area is 173 Å². The molecule has 2 aromatic rings. The predicted molar refractivity (Wildman–Crippen MR) is 111 cm³/mol. The van der Waals surface area contributed by atoms with Crippen LogP contribution in [0.3, 0.4) is 0 Å². The zero-order chi connectivity index (χ0) is 20.5. The van der Waals surface area contributed by atoms with E-state index in [9.17, 15) is 14.4 Å². The number of rotatable bonds is 6. The van der Waals surface area contributed by atoms with Crippen LogP contribution in [0, 0.1) is 0 Å². The van der Waals surface area contributed by atoms with Gasteiger partial charge < -0.3 is 15.8 Å². The fourth-order valence-electron chi connectivity index (χ4n) is 4.16. The molecule has 2 aliphatic rings. The van der Waals surface area contributed by atoms with E-state index >= 15 is 0 Å². The number of anilines is 1. The van der Waals surface area contributed by atoms with Crippen molar-refractivity contribution in [1.29, 1.82) is 0 Å². The first-order chi connectivity index (χ1) is 13.9. The SMILES string of the molecule is C[C@H](OC(=O)Cc1ccc2c(c1)CCC2)C(=O)Nc1sc2c(c1C(N)=O)CCC2. The molecular formula is C22H24N2O4S. The molecule has 7 heteroatoms. The number of nitrogens with one attached hydrogen (secondary N) is 1. The number of amides is 2. The van der Waals surface area contributed by atoms with Crippen molar-refractivity contribution < 1.29 is 19.1 Å². The highest BCUT2D eigenvalue weighted by Crippen LogP contribution is 2.38. The Morgan fingerprint density at radius 2 is 1.90 bits per heavy atom. The Hall–Kier alpha value is -2.67. The summed E-state index contributed by atoms with van der Waals surface area (Å²) in [5, 5.41) is 3.18. The highest BCUT2D eigenvalue weighted by atomic mass is 32.1. The molecule has 1 aromatic heterocycles. The van der Waals surface area contributed by atoms with Gasteiger partial charge in [0, 0.05) is 4.88 Å². The minimum atomic E-state index is -0.963. The predicted octanol–water partition coefficient (Wildman–Crippen LogP) is 2.94. The van der Waals surface area contributed by atoms with Crippen LogP contribution in [0.5, 0.6) is 0 Å². The van der Waals surface area contributed by atoms with Crippen LogP contribution in [0.2, 0.25) is 0 Å². The second-order valence-electron chi connectivity index (χ2n) is 7.68. The first-order valence-corrected chi connectivity index (χ1v) is 10.8. The van der Waals surface area contributed by atoms with Gasteiger partial charge in [-0.25, -0.2) is 0 Å². The quantitative estimate of drug-likeness (QED) is 0.713. The molecule has 0 aliphatic heterocycles. The number of aryl methyl sites for hydroxylation is 3. The minimum absolute atomic E-state index is 0.130. The van der Waals surface area contributed by atoms with E-state index in [1.165, 1.54) is 29.4 Å². The lowest BCUT2D eigenvalue weighted by atomic mass is 10.0. The van der Waals surface area contributed by atoms with Gasteiger partial charge in [-0.2, -0.15) is 0 Å². The van der Waals surface area contributed by atoms with E-state index in [0.29, 0.717) is 10.6 Å². The summed E-state index contributed by atoms with van der Waals surface area (Å²) in [4.78, 5) is 37.8. The molecule has 2 amide bonds. The normalized spacial score (nSPS) is 15.5. The molecule has 0 radical (unpaired) electrons. The van der Waals surface area contributed by atoms with Crippen LogP contribution in [-0.4, -0.2) is 23.9 Å². The first kappa shape index (κ1) is 19.6. The molecule has 0 unspecified atom stereocenters. The van der Waals surface area contributed by atoms with Crippen molar-refractivity contribution >= 4 is 34.1 Å². The van der Waals surface area contributed by atoms with Crippen LogP contribution in [0.4, 0.5) is 5.00 Å². The average Bonchev–Trinajstić information content (AvgIpc) is 3.36. The van der Waals surface area contributed by atoms with Crippen LogP contribution >= 0.6 is 11.3 Å². The number of esters is 1. The third-order valence-electron chi connectivity index (χ3n) is 5.59. The van der Waals surface area contributed by atoms with E-state index in [-0.39, 0.29) is 6.42 Å². The van der Waals surface area contributed by atoms with Crippen molar-refractivity contribution in [2.24, 2.45) is 5.73 Å². The number of fused-ring (bicyclic) bond motifs is 2. The monoisotopic (exact) mass is 412 g/mol. The molecule has 4 rings (SSSR count). The Morgan fingerprint density at radius 3 is 2.69 bits per heavy atom. The highest BCUT2D eigenvalue weighted by Gasteiger charge is 2.28. The number of thiophene rings is 1. The third-order valence-corrected chi connectivity index (χ3v) is 6.80. The number of hydrogen-bond donors (Lipinski definition) is 2. The second kappa shape index (κ2) is 7.99. The molecule has 29 heavy (non-hydrogen) atoms. The topological polar surface area (TPSA) is 98.5 Å². The van der Waals surface area contributed by atoms with E-state index < -0.39 is 23.9 Å². The van der Waals surface area contributed by atoms with Gasteiger partial charge in [0.25, 0.3) is 11.8 Å².